The van der Waals surface area contributed by atoms with Gasteiger partial charge in [0.15, 0.2) is 0 Å². The number of hydrogen-bond donors (Lipinski definition) is 2. The maximum atomic E-state index is 11.8. The van der Waals surface area contributed by atoms with Crippen LogP contribution >= 0.6 is 11.3 Å². The minimum atomic E-state index is -0.147. The van der Waals surface area contributed by atoms with E-state index in [1.54, 1.807) is 17.5 Å². The van der Waals surface area contributed by atoms with Crippen molar-refractivity contribution in [3.05, 3.63) is 56.5 Å². The molecule has 3 rings (SSSR count). The van der Waals surface area contributed by atoms with Gasteiger partial charge in [-0.3, -0.25) is 4.79 Å². The second-order valence-electron chi connectivity index (χ2n) is 7.56. The molecule has 7 heteroatoms. The molecular formula is C20H25N5OS. The van der Waals surface area contributed by atoms with Gasteiger partial charge >= 0.3 is 0 Å². The van der Waals surface area contributed by atoms with Crippen molar-refractivity contribution in [3.63, 3.8) is 0 Å². The number of H-pyrrole nitrogens is 1. The number of rotatable bonds is 5. The summed E-state index contributed by atoms with van der Waals surface area (Å²) in [5, 5.41) is 6.53. The summed E-state index contributed by atoms with van der Waals surface area (Å²) in [4.78, 5) is 28.2. The Morgan fingerprint density at radius 2 is 2.04 bits per heavy atom. The van der Waals surface area contributed by atoms with E-state index in [0.717, 1.165) is 27.8 Å². The fourth-order valence-electron chi connectivity index (χ4n) is 2.56. The van der Waals surface area contributed by atoms with Crippen LogP contribution in [0.5, 0.6) is 0 Å². The van der Waals surface area contributed by atoms with E-state index in [4.69, 9.17) is 4.98 Å². The molecule has 0 saturated heterocycles. The Morgan fingerprint density at radius 3 is 2.63 bits per heavy atom. The number of aromatic nitrogens is 4. The maximum Gasteiger partial charge on any atom is 0.251 e. The number of aryl methyl sites for hydroxylation is 1. The lowest BCUT2D eigenvalue weighted by Crippen LogP contribution is -2.13. The van der Waals surface area contributed by atoms with Crippen molar-refractivity contribution in [2.75, 3.05) is 5.32 Å². The van der Waals surface area contributed by atoms with Gasteiger partial charge in [-0.25, -0.2) is 15.0 Å². The number of nitrogens with zero attached hydrogens (tertiary/aromatic N) is 3. The minimum absolute atomic E-state index is 0.0469. The van der Waals surface area contributed by atoms with Gasteiger partial charge in [0.05, 0.1) is 11.7 Å². The molecule has 1 atom stereocenters. The zero-order valence-corrected chi connectivity index (χ0v) is 17.1. The lowest BCUT2D eigenvalue weighted by atomic mass is 9.93. The summed E-state index contributed by atoms with van der Waals surface area (Å²) >= 11 is 1.66. The molecule has 6 nitrogen and oxygen atoms in total. The second kappa shape index (κ2) is 7.60. The molecule has 0 spiro atoms. The van der Waals surface area contributed by atoms with Crippen molar-refractivity contribution in [2.45, 2.75) is 52.5 Å². The largest absolute Gasteiger partial charge is 0.361 e. The fraction of sp³-hybridized carbons (Fsp3) is 0.400. The summed E-state index contributed by atoms with van der Waals surface area (Å²) in [6.07, 6.45) is 2.43. The molecule has 0 aliphatic heterocycles. The van der Waals surface area contributed by atoms with E-state index in [1.807, 2.05) is 19.1 Å². The highest BCUT2D eigenvalue weighted by molar-refractivity contribution is 7.09. The molecule has 1 unspecified atom stereocenters. The summed E-state index contributed by atoms with van der Waals surface area (Å²) < 4.78 is 0. The number of thiazole rings is 1. The third-order valence-corrected chi connectivity index (χ3v) is 5.25. The highest BCUT2D eigenvalue weighted by Crippen LogP contribution is 2.28. The first-order valence-electron chi connectivity index (χ1n) is 9.05. The third kappa shape index (κ3) is 4.60. The van der Waals surface area contributed by atoms with E-state index in [9.17, 15) is 4.79 Å². The van der Waals surface area contributed by atoms with Crippen LogP contribution in [0.15, 0.2) is 34.6 Å². The van der Waals surface area contributed by atoms with Crippen molar-refractivity contribution in [1.82, 2.24) is 19.9 Å². The highest BCUT2D eigenvalue weighted by atomic mass is 32.1. The maximum absolute atomic E-state index is 11.8. The molecule has 0 radical (unpaired) electrons. The normalized spacial score (nSPS) is 12.8. The first-order chi connectivity index (χ1) is 12.8. The van der Waals surface area contributed by atoms with E-state index in [1.165, 1.54) is 6.07 Å². The number of hydrogen-bond acceptors (Lipinski definition) is 6. The molecule has 0 aliphatic carbocycles. The molecule has 3 aromatic rings. The molecule has 27 heavy (non-hydrogen) atoms. The Balaban J connectivity index is 1.75. The Bertz CT molecular complexity index is 969. The van der Waals surface area contributed by atoms with Gasteiger partial charge in [0.25, 0.3) is 5.56 Å². The number of aromatic amines is 1. The molecule has 3 heterocycles. The molecule has 0 aromatic carbocycles. The predicted octanol–water partition coefficient (Wildman–Crippen LogP) is 4.32. The Morgan fingerprint density at radius 1 is 1.26 bits per heavy atom. The predicted molar refractivity (Wildman–Crippen MR) is 110 cm³/mol. The van der Waals surface area contributed by atoms with Gasteiger partial charge in [-0.2, -0.15) is 0 Å². The highest BCUT2D eigenvalue weighted by Gasteiger charge is 2.19. The van der Waals surface area contributed by atoms with Crippen molar-refractivity contribution in [3.8, 4) is 11.4 Å². The first-order valence-corrected chi connectivity index (χ1v) is 9.93. The van der Waals surface area contributed by atoms with Crippen LogP contribution in [-0.2, 0) is 11.8 Å². The van der Waals surface area contributed by atoms with Crippen LogP contribution in [0, 0.1) is 0 Å². The van der Waals surface area contributed by atoms with Crippen LogP contribution < -0.4 is 10.9 Å². The van der Waals surface area contributed by atoms with Crippen molar-refractivity contribution in [1.29, 1.82) is 0 Å². The summed E-state index contributed by atoms with van der Waals surface area (Å²) in [6, 6.07) is 5.38. The smallest absolute Gasteiger partial charge is 0.251 e. The Hall–Kier alpha value is -2.54. The number of anilines is 1. The molecule has 2 N–H and O–H groups in total. The van der Waals surface area contributed by atoms with Crippen LogP contribution in [0.3, 0.4) is 0 Å². The van der Waals surface area contributed by atoms with Gasteiger partial charge in [-0.05, 0) is 25.5 Å². The van der Waals surface area contributed by atoms with E-state index in [0.29, 0.717) is 12.2 Å². The summed E-state index contributed by atoms with van der Waals surface area (Å²) in [7, 11) is 0. The van der Waals surface area contributed by atoms with Crippen LogP contribution in [0.4, 0.5) is 5.82 Å². The van der Waals surface area contributed by atoms with Gasteiger partial charge in [-0.15, -0.1) is 11.3 Å². The SMILES string of the molecule is CCc1cc(=O)[nH]c(-c2ccc(NC(C)c3nc(C(C)(C)C)cs3)nc2)n1. The van der Waals surface area contributed by atoms with Crippen molar-refractivity contribution in [2.24, 2.45) is 0 Å². The van der Waals surface area contributed by atoms with Gasteiger partial charge in [0.1, 0.15) is 16.6 Å². The van der Waals surface area contributed by atoms with E-state index >= 15 is 0 Å². The quantitative estimate of drug-likeness (QED) is 0.685. The van der Waals surface area contributed by atoms with Crippen molar-refractivity contribution < 1.29 is 0 Å². The molecule has 3 aromatic heterocycles. The Labute approximate surface area is 163 Å². The van der Waals surface area contributed by atoms with Gasteiger partial charge in [-0.1, -0.05) is 27.7 Å². The standard InChI is InChI=1S/C20H25N5OS/c1-6-14-9-17(26)25-18(23-14)13-7-8-16(21-10-13)22-12(2)19-24-15(11-27-19)20(3,4)5/h7-12H,6H2,1-5H3,(H,21,22)(H,23,25,26). The van der Waals surface area contributed by atoms with Crippen LogP contribution in [0.1, 0.15) is 57.1 Å². The number of pyridine rings is 1. The topological polar surface area (TPSA) is 83.6 Å². The van der Waals surface area contributed by atoms with Crippen molar-refractivity contribution >= 4 is 17.2 Å². The third-order valence-electron chi connectivity index (χ3n) is 4.22. The van der Waals surface area contributed by atoms with Crippen LogP contribution in [0.2, 0.25) is 0 Å². The monoisotopic (exact) mass is 383 g/mol. The van der Waals surface area contributed by atoms with Gasteiger partial charge < -0.3 is 10.3 Å². The van der Waals surface area contributed by atoms with Gasteiger partial charge in [0.2, 0.25) is 0 Å². The molecule has 0 bridgehead atoms. The summed E-state index contributed by atoms with van der Waals surface area (Å²) in [5.74, 6) is 1.30. The zero-order chi connectivity index (χ0) is 19.6. The zero-order valence-electron chi connectivity index (χ0n) is 16.3. The summed E-state index contributed by atoms with van der Waals surface area (Å²) in [6.45, 7) is 10.5. The Kier molecular flexibility index (Phi) is 5.41. The fourth-order valence-corrected chi connectivity index (χ4v) is 3.61. The molecule has 0 fully saturated rings. The molecule has 0 amide bonds. The molecule has 0 aliphatic rings. The average Bonchev–Trinajstić information content (AvgIpc) is 3.12. The first kappa shape index (κ1) is 19.2. The minimum Gasteiger partial charge on any atom is -0.361 e. The lowest BCUT2D eigenvalue weighted by molar-refractivity contribution is 0.569. The number of nitrogens with one attached hydrogen (secondary N) is 2. The van der Waals surface area contributed by atoms with E-state index in [2.05, 4.69) is 53.3 Å². The van der Waals surface area contributed by atoms with Crippen LogP contribution in [-0.4, -0.2) is 19.9 Å². The van der Waals surface area contributed by atoms with E-state index < -0.39 is 0 Å². The molecule has 0 saturated carbocycles. The average molecular weight is 384 g/mol. The van der Waals surface area contributed by atoms with E-state index in [-0.39, 0.29) is 17.0 Å². The van der Waals surface area contributed by atoms with Gasteiger partial charge in [0, 0.05) is 34.3 Å². The molecular weight excluding hydrogens is 358 g/mol. The molecule has 142 valence electrons. The second-order valence-corrected chi connectivity index (χ2v) is 8.45. The lowest BCUT2D eigenvalue weighted by Gasteiger charge is -2.15. The summed E-state index contributed by atoms with van der Waals surface area (Å²) in [5.41, 5.74) is 2.55. The van der Waals surface area contributed by atoms with Crippen LogP contribution in [0.25, 0.3) is 11.4 Å².